The number of nitrogens with one attached hydrogen (secondary N) is 3. The molecule has 0 saturated carbocycles. The lowest BCUT2D eigenvalue weighted by atomic mass is 10.1. The molecule has 0 aliphatic rings. The first-order valence-electron chi connectivity index (χ1n) is 11.2. The third-order valence-electron chi connectivity index (χ3n) is 5.12. The number of hydrogen-bond acceptors (Lipinski definition) is 6. The highest BCUT2D eigenvalue weighted by Crippen LogP contribution is 2.25. The van der Waals surface area contributed by atoms with E-state index in [4.69, 9.17) is 9.15 Å². The zero-order chi connectivity index (χ0) is 23.8. The second-order valence-corrected chi connectivity index (χ2v) is 7.94. The molecule has 0 spiro atoms. The Kier molecular flexibility index (Phi) is 8.37. The van der Waals surface area contributed by atoms with Crippen LogP contribution in [0.1, 0.15) is 61.6 Å². The molecule has 0 radical (unpaired) electrons. The van der Waals surface area contributed by atoms with Crippen molar-refractivity contribution in [1.29, 1.82) is 0 Å². The van der Waals surface area contributed by atoms with Gasteiger partial charge in [-0.1, -0.05) is 26.0 Å². The molecule has 2 heterocycles. The minimum Gasteiger partial charge on any atom is -0.431 e. The van der Waals surface area contributed by atoms with Crippen LogP contribution in [0.25, 0.3) is 22.7 Å². The van der Waals surface area contributed by atoms with E-state index in [0.29, 0.717) is 36.0 Å². The number of rotatable bonds is 11. The molecule has 1 aromatic carbocycles. The van der Waals surface area contributed by atoms with Gasteiger partial charge in [-0.3, -0.25) is 14.7 Å². The van der Waals surface area contributed by atoms with Crippen molar-refractivity contribution in [3.63, 3.8) is 0 Å². The molecule has 176 valence electrons. The molecule has 0 unspecified atom stereocenters. The first kappa shape index (κ1) is 24.2. The zero-order valence-corrected chi connectivity index (χ0v) is 19.5. The Hall–Kier alpha value is -3.46. The molecule has 9 heteroatoms. The van der Waals surface area contributed by atoms with Crippen LogP contribution >= 0.6 is 0 Å². The van der Waals surface area contributed by atoms with Crippen molar-refractivity contribution in [1.82, 2.24) is 25.8 Å². The Morgan fingerprint density at radius 3 is 2.61 bits per heavy atom. The zero-order valence-electron chi connectivity index (χ0n) is 19.5. The maximum atomic E-state index is 12.4. The van der Waals surface area contributed by atoms with Crippen LogP contribution in [-0.2, 0) is 4.74 Å². The summed E-state index contributed by atoms with van der Waals surface area (Å²) in [5.41, 5.74) is 2.45. The fourth-order valence-corrected chi connectivity index (χ4v) is 3.21. The lowest BCUT2D eigenvalue weighted by Crippen LogP contribution is -2.33. The molecule has 0 saturated heterocycles. The average Bonchev–Trinajstić information content (AvgIpc) is 3.50. The van der Waals surface area contributed by atoms with Crippen LogP contribution in [0.2, 0.25) is 0 Å². The molecule has 2 amide bonds. The number of oxazole rings is 1. The van der Waals surface area contributed by atoms with Crippen molar-refractivity contribution in [2.24, 2.45) is 0 Å². The molecule has 0 atom stereocenters. The highest BCUT2D eigenvalue weighted by atomic mass is 16.5. The van der Waals surface area contributed by atoms with E-state index < -0.39 is 0 Å². The fourth-order valence-electron chi connectivity index (χ4n) is 3.21. The summed E-state index contributed by atoms with van der Waals surface area (Å²) in [5, 5.41) is 12.8. The highest BCUT2D eigenvalue weighted by molar-refractivity contribution is 5.93. The van der Waals surface area contributed by atoms with Crippen LogP contribution in [0.4, 0.5) is 0 Å². The Balaban J connectivity index is 1.68. The SMILES string of the molecule is CCC(CC)NC(=O)c1cnc(-c2cccc(-c3cc(C(=O)NCCOC(C)C)[nH]n3)c2)o1. The molecule has 0 aliphatic heterocycles. The van der Waals surface area contributed by atoms with E-state index in [1.807, 2.05) is 52.0 Å². The lowest BCUT2D eigenvalue weighted by Gasteiger charge is -2.12. The summed E-state index contributed by atoms with van der Waals surface area (Å²) >= 11 is 0. The normalized spacial score (nSPS) is 11.2. The van der Waals surface area contributed by atoms with E-state index in [9.17, 15) is 9.59 Å². The number of benzene rings is 1. The Morgan fingerprint density at radius 1 is 1.12 bits per heavy atom. The number of hydrogen-bond donors (Lipinski definition) is 3. The largest absolute Gasteiger partial charge is 0.431 e. The summed E-state index contributed by atoms with van der Waals surface area (Å²) < 4.78 is 11.1. The van der Waals surface area contributed by atoms with Gasteiger partial charge in [-0.2, -0.15) is 5.10 Å². The van der Waals surface area contributed by atoms with Crippen LogP contribution in [0, 0.1) is 0 Å². The predicted molar refractivity (Wildman–Crippen MR) is 125 cm³/mol. The van der Waals surface area contributed by atoms with Crippen LogP contribution in [0.5, 0.6) is 0 Å². The van der Waals surface area contributed by atoms with Gasteiger partial charge in [0, 0.05) is 23.7 Å². The van der Waals surface area contributed by atoms with Crippen LogP contribution in [-0.4, -0.2) is 52.3 Å². The van der Waals surface area contributed by atoms with Crippen molar-refractivity contribution in [3.05, 3.63) is 48.0 Å². The van der Waals surface area contributed by atoms with Gasteiger partial charge in [0.15, 0.2) is 0 Å². The second-order valence-electron chi connectivity index (χ2n) is 7.94. The number of nitrogens with zero attached hydrogens (tertiary/aromatic N) is 2. The molecule has 3 aromatic rings. The number of aromatic amines is 1. The quantitative estimate of drug-likeness (QED) is 0.380. The van der Waals surface area contributed by atoms with E-state index in [1.54, 1.807) is 6.07 Å². The number of ether oxygens (including phenoxy) is 1. The third-order valence-corrected chi connectivity index (χ3v) is 5.12. The van der Waals surface area contributed by atoms with Gasteiger partial charge in [0.25, 0.3) is 11.8 Å². The number of aromatic nitrogens is 3. The summed E-state index contributed by atoms with van der Waals surface area (Å²) in [6.07, 6.45) is 3.24. The lowest BCUT2D eigenvalue weighted by molar-refractivity contribution is 0.0745. The Morgan fingerprint density at radius 2 is 1.88 bits per heavy atom. The van der Waals surface area contributed by atoms with Crippen molar-refractivity contribution < 1.29 is 18.7 Å². The second kappa shape index (κ2) is 11.4. The topological polar surface area (TPSA) is 122 Å². The monoisotopic (exact) mass is 453 g/mol. The highest BCUT2D eigenvalue weighted by Gasteiger charge is 2.17. The van der Waals surface area contributed by atoms with E-state index in [2.05, 4.69) is 25.8 Å². The van der Waals surface area contributed by atoms with E-state index in [1.165, 1.54) is 6.20 Å². The van der Waals surface area contributed by atoms with Gasteiger partial charge in [-0.15, -0.1) is 0 Å². The minimum atomic E-state index is -0.277. The summed E-state index contributed by atoms with van der Waals surface area (Å²) in [5.74, 6) is -0.0221. The minimum absolute atomic E-state index is 0.100. The van der Waals surface area contributed by atoms with Gasteiger partial charge in [0.05, 0.1) is 24.6 Å². The molecule has 0 fully saturated rings. The summed E-state index contributed by atoms with van der Waals surface area (Å²) in [6, 6.07) is 9.19. The fraction of sp³-hybridized carbons (Fsp3) is 0.417. The van der Waals surface area contributed by atoms with Crippen molar-refractivity contribution in [2.75, 3.05) is 13.2 Å². The number of carbonyl (C=O) groups excluding carboxylic acids is 2. The smallest absolute Gasteiger partial charge is 0.288 e. The standard InChI is InChI=1S/C24H31N5O4/c1-5-18(6-2)27-23(31)21-14-26-24(33-21)17-9-7-8-16(12-17)19-13-20(29-28-19)22(30)25-10-11-32-15(3)4/h7-9,12-15,18H,5-6,10-11H2,1-4H3,(H,25,30)(H,27,31)(H,28,29). The number of carbonyl (C=O) groups is 2. The number of amides is 2. The van der Waals surface area contributed by atoms with Gasteiger partial charge in [0.2, 0.25) is 11.7 Å². The molecule has 0 bridgehead atoms. The Bertz CT molecular complexity index is 1070. The van der Waals surface area contributed by atoms with Crippen LogP contribution < -0.4 is 10.6 Å². The summed E-state index contributed by atoms with van der Waals surface area (Å²) in [4.78, 5) is 29.0. The Labute approximate surface area is 193 Å². The van der Waals surface area contributed by atoms with Gasteiger partial charge < -0.3 is 19.8 Å². The van der Waals surface area contributed by atoms with Crippen molar-refractivity contribution >= 4 is 11.8 Å². The van der Waals surface area contributed by atoms with Crippen LogP contribution in [0.3, 0.4) is 0 Å². The first-order chi connectivity index (χ1) is 15.9. The average molecular weight is 454 g/mol. The molecule has 3 N–H and O–H groups in total. The van der Waals surface area contributed by atoms with Gasteiger partial charge in [-0.05, 0) is 44.9 Å². The molecule has 3 rings (SSSR count). The molecular formula is C24H31N5O4. The van der Waals surface area contributed by atoms with E-state index in [0.717, 1.165) is 18.4 Å². The maximum absolute atomic E-state index is 12.4. The first-order valence-corrected chi connectivity index (χ1v) is 11.2. The molecule has 0 aliphatic carbocycles. The van der Waals surface area contributed by atoms with Gasteiger partial charge >= 0.3 is 0 Å². The van der Waals surface area contributed by atoms with Gasteiger partial charge in [0.1, 0.15) is 5.69 Å². The van der Waals surface area contributed by atoms with Crippen molar-refractivity contribution in [3.8, 4) is 22.7 Å². The van der Waals surface area contributed by atoms with Gasteiger partial charge in [-0.25, -0.2) is 4.98 Å². The van der Waals surface area contributed by atoms with Crippen LogP contribution in [0.15, 0.2) is 40.9 Å². The maximum Gasteiger partial charge on any atom is 0.288 e. The summed E-state index contributed by atoms with van der Waals surface area (Å²) in [7, 11) is 0. The molecule has 2 aromatic heterocycles. The van der Waals surface area contributed by atoms with E-state index in [-0.39, 0.29) is 29.7 Å². The molecule has 9 nitrogen and oxygen atoms in total. The van der Waals surface area contributed by atoms with Crippen molar-refractivity contribution in [2.45, 2.75) is 52.7 Å². The third kappa shape index (κ3) is 6.52. The molecule has 33 heavy (non-hydrogen) atoms. The predicted octanol–water partition coefficient (Wildman–Crippen LogP) is 3.80. The summed E-state index contributed by atoms with van der Waals surface area (Å²) in [6.45, 7) is 8.80. The van der Waals surface area contributed by atoms with E-state index >= 15 is 0 Å². The molecular weight excluding hydrogens is 422 g/mol. The number of H-pyrrole nitrogens is 1.